The van der Waals surface area contributed by atoms with Gasteiger partial charge in [-0.2, -0.15) is 0 Å². The van der Waals surface area contributed by atoms with Crippen molar-refractivity contribution in [2.24, 2.45) is 5.92 Å². The number of carbonyl (C=O) groups excluding carboxylic acids is 1. The minimum absolute atomic E-state index is 0.0426. The molecule has 0 spiro atoms. The third-order valence-corrected chi connectivity index (χ3v) is 3.02. The Morgan fingerprint density at radius 2 is 1.90 bits per heavy atom. The van der Waals surface area contributed by atoms with E-state index in [-0.39, 0.29) is 5.91 Å². The highest BCUT2D eigenvalue weighted by atomic mass is 16.5. The quantitative estimate of drug-likeness (QED) is 0.684. The summed E-state index contributed by atoms with van der Waals surface area (Å²) in [6.45, 7) is 6.41. The zero-order valence-electron chi connectivity index (χ0n) is 13.4. The first-order valence-corrected chi connectivity index (χ1v) is 7.25. The van der Waals surface area contributed by atoms with Gasteiger partial charge in [-0.05, 0) is 30.2 Å². The smallest absolute Gasteiger partial charge is 0.221 e. The summed E-state index contributed by atoms with van der Waals surface area (Å²) in [5.74, 6) is 1.99. The van der Waals surface area contributed by atoms with Gasteiger partial charge in [0.25, 0.3) is 0 Å². The Morgan fingerprint density at radius 1 is 1.19 bits per heavy atom. The Kier molecular flexibility index (Phi) is 7.61. The van der Waals surface area contributed by atoms with E-state index < -0.39 is 0 Å². The number of hydrogen-bond acceptors (Lipinski definition) is 4. The fourth-order valence-electron chi connectivity index (χ4n) is 1.87. The SMILES string of the molecule is COc1ccc(CNC(=O)CCNCC(C)C)cc1OC. The number of ether oxygens (including phenoxy) is 2. The van der Waals surface area contributed by atoms with Crippen LogP contribution in [0.2, 0.25) is 0 Å². The van der Waals surface area contributed by atoms with Crippen LogP contribution in [0.15, 0.2) is 18.2 Å². The van der Waals surface area contributed by atoms with Crippen molar-refractivity contribution < 1.29 is 14.3 Å². The van der Waals surface area contributed by atoms with Gasteiger partial charge in [0.05, 0.1) is 14.2 Å². The van der Waals surface area contributed by atoms with Crippen molar-refractivity contribution in [1.82, 2.24) is 10.6 Å². The van der Waals surface area contributed by atoms with E-state index in [9.17, 15) is 4.79 Å². The van der Waals surface area contributed by atoms with Crippen molar-refractivity contribution in [3.8, 4) is 11.5 Å². The second kappa shape index (κ2) is 9.23. The van der Waals surface area contributed by atoms with Gasteiger partial charge in [-0.15, -0.1) is 0 Å². The van der Waals surface area contributed by atoms with Gasteiger partial charge in [-0.1, -0.05) is 19.9 Å². The number of nitrogens with one attached hydrogen (secondary N) is 2. The van der Waals surface area contributed by atoms with Crippen LogP contribution < -0.4 is 20.1 Å². The number of hydrogen-bond donors (Lipinski definition) is 2. The second-order valence-electron chi connectivity index (χ2n) is 5.31. The van der Waals surface area contributed by atoms with Crippen LogP contribution in [0.5, 0.6) is 11.5 Å². The highest BCUT2D eigenvalue weighted by molar-refractivity contribution is 5.76. The fourth-order valence-corrected chi connectivity index (χ4v) is 1.87. The zero-order chi connectivity index (χ0) is 15.7. The van der Waals surface area contributed by atoms with Gasteiger partial charge in [-0.25, -0.2) is 0 Å². The van der Waals surface area contributed by atoms with E-state index in [0.717, 1.165) is 12.1 Å². The molecule has 1 aromatic carbocycles. The lowest BCUT2D eigenvalue weighted by Gasteiger charge is -2.11. The normalized spacial score (nSPS) is 10.5. The number of benzene rings is 1. The molecule has 0 aliphatic carbocycles. The van der Waals surface area contributed by atoms with Crippen LogP contribution in [0.25, 0.3) is 0 Å². The molecule has 1 amide bonds. The van der Waals surface area contributed by atoms with E-state index in [1.54, 1.807) is 14.2 Å². The van der Waals surface area contributed by atoms with Crippen molar-refractivity contribution in [3.63, 3.8) is 0 Å². The molecule has 0 radical (unpaired) electrons. The van der Waals surface area contributed by atoms with E-state index in [1.807, 2.05) is 18.2 Å². The summed E-state index contributed by atoms with van der Waals surface area (Å²) in [4.78, 5) is 11.7. The summed E-state index contributed by atoms with van der Waals surface area (Å²) in [5, 5.41) is 6.15. The molecule has 21 heavy (non-hydrogen) atoms. The fraction of sp³-hybridized carbons (Fsp3) is 0.562. The summed E-state index contributed by atoms with van der Waals surface area (Å²) in [6.07, 6.45) is 0.486. The summed E-state index contributed by atoms with van der Waals surface area (Å²) >= 11 is 0. The molecule has 5 heteroatoms. The molecule has 0 saturated carbocycles. The monoisotopic (exact) mass is 294 g/mol. The van der Waals surface area contributed by atoms with E-state index in [0.29, 0.717) is 36.9 Å². The van der Waals surface area contributed by atoms with Crippen LogP contribution in [-0.4, -0.2) is 33.2 Å². The zero-order valence-corrected chi connectivity index (χ0v) is 13.4. The molecule has 2 N–H and O–H groups in total. The van der Waals surface area contributed by atoms with E-state index >= 15 is 0 Å². The lowest BCUT2D eigenvalue weighted by molar-refractivity contribution is -0.121. The number of amides is 1. The minimum atomic E-state index is 0.0426. The number of carbonyl (C=O) groups is 1. The van der Waals surface area contributed by atoms with Crippen molar-refractivity contribution in [3.05, 3.63) is 23.8 Å². The Bertz CT molecular complexity index is 447. The van der Waals surface area contributed by atoms with Crippen LogP contribution >= 0.6 is 0 Å². The van der Waals surface area contributed by atoms with Gasteiger partial charge in [0.15, 0.2) is 11.5 Å². The van der Waals surface area contributed by atoms with Crippen molar-refractivity contribution >= 4 is 5.91 Å². The first-order valence-electron chi connectivity index (χ1n) is 7.25. The van der Waals surface area contributed by atoms with Crippen LogP contribution in [-0.2, 0) is 11.3 Å². The molecule has 0 saturated heterocycles. The molecule has 118 valence electrons. The third-order valence-electron chi connectivity index (χ3n) is 3.02. The molecule has 0 bridgehead atoms. The summed E-state index contributed by atoms with van der Waals surface area (Å²) < 4.78 is 10.4. The lowest BCUT2D eigenvalue weighted by atomic mass is 10.2. The molecule has 0 unspecified atom stereocenters. The predicted molar refractivity (Wildman–Crippen MR) is 83.7 cm³/mol. The number of methoxy groups -OCH3 is 2. The molecule has 0 atom stereocenters. The topological polar surface area (TPSA) is 59.6 Å². The van der Waals surface area contributed by atoms with Crippen LogP contribution in [0.4, 0.5) is 0 Å². The van der Waals surface area contributed by atoms with E-state index in [2.05, 4.69) is 24.5 Å². The molecular formula is C16H26N2O3. The van der Waals surface area contributed by atoms with Gasteiger partial charge in [0, 0.05) is 19.5 Å². The maximum absolute atomic E-state index is 11.7. The van der Waals surface area contributed by atoms with Gasteiger partial charge in [0.1, 0.15) is 0 Å². The predicted octanol–water partition coefficient (Wildman–Crippen LogP) is 1.96. The number of rotatable bonds is 9. The summed E-state index contributed by atoms with van der Waals surface area (Å²) in [5.41, 5.74) is 0.983. The Hall–Kier alpha value is -1.75. The maximum atomic E-state index is 11.7. The Labute approximate surface area is 127 Å². The Balaban J connectivity index is 2.36. The minimum Gasteiger partial charge on any atom is -0.493 e. The lowest BCUT2D eigenvalue weighted by Crippen LogP contribution is -2.28. The van der Waals surface area contributed by atoms with Gasteiger partial charge >= 0.3 is 0 Å². The first-order chi connectivity index (χ1) is 10.1. The van der Waals surface area contributed by atoms with Crippen molar-refractivity contribution in [2.45, 2.75) is 26.8 Å². The molecule has 1 aromatic rings. The molecular weight excluding hydrogens is 268 g/mol. The molecule has 0 aliphatic rings. The standard InChI is InChI=1S/C16H26N2O3/c1-12(2)10-17-8-7-16(19)18-11-13-5-6-14(20-3)15(9-13)21-4/h5-6,9,12,17H,7-8,10-11H2,1-4H3,(H,18,19). The van der Waals surface area contributed by atoms with Crippen LogP contribution in [0.1, 0.15) is 25.8 Å². The maximum Gasteiger partial charge on any atom is 0.221 e. The Morgan fingerprint density at radius 3 is 2.52 bits per heavy atom. The van der Waals surface area contributed by atoms with Gasteiger partial charge in [0.2, 0.25) is 5.91 Å². The van der Waals surface area contributed by atoms with Crippen LogP contribution in [0.3, 0.4) is 0 Å². The molecule has 1 rings (SSSR count). The molecule has 0 aromatic heterocycles. The first kappa shape index (κ1) is 17.3. The third kappa shape index (κ3) is 6.49. The summed E-state index contributed by atoms with van der Waals surface area (Å²) in [6, 6.07) is 5.62. The highest BCUT2D eigenvalue weighted by Crippen LogP contribution is 2.27. The highest BCUT2D eigenvalue weighted by Gasteiger charge is 2.06. The average Bonchev–Trinajstić information content (AvgIpc) is 2.48. The van der Waals surface area contributed by atoms with Crippen molar-refractivity contribution in [2.75, 3.05) is 27.3 Å². The van der Waals surface area contributed by atoms with Crippen LogP contribution in [0, 0.1) is 5.92 Å². The van der Waals surface area contributed by atoms with E-state index in [4.69, 9.17) is 9.47 Å². The van der Waals surface area contributed by atoms with Gasteiger partial charge in [-0.3, -0.25) is 4.79 Å². The molecule has 0 fully saturated rings. The molecule has 0 heterocycles. The molecule has 5 nitrogen and oxygen atoms in total. The van der Waals surface area contributed by atoms with Gasteiger partial charge < -0.3 is 20.1 Å². The summed E-state index contributed by atoms with van der Waals surface area (Å²) in [7, 11) is 3.20. The molecule has 0 aliphatic heterocycles. The largest absolute Gasteiger partial charge is 0.493 e. The van der Waals surface area contributed by atoms with E-state index in [1.165, 1.54) is 0 Å². The second-order valence-corrected chi connectivity index (χ2v) is 5.31. The van der Waals surface area contributed by atoms with Crippen molar-refractivity contribution in [1.29, 1.82) is 0 Å². The average molecular weight is 294 g/mol.